The highest BCUT2D eigenvalue weighted by Gasteiger charge is 2.25. The molecule has 166 valence electrons. The van der Waals surface area contributed by atoms with Gasteiger partial charge in [-0.1, -0.05) is 48.9 Å². The van der Waals surface area contributed by atoms with E-state index < -0.39 is 0 Å². The summed E-state index contributed by atoms with van der Waals surface area (Å²) >= 11 is 7.50. The van der Waals surface area contributed by atoms with Crippen LogP contribution in [0.25, 0.3) is 10.6 Å². The SMILES string of the molecule is CCc1ccccc1NC(=O)CN1CCN(C(=O)c2csc(-c3cccc(Cl)c3)n2)CC1. The largest absolute Gasteiger partial charge is 0.335 e. The minimum absolute atomic E-state index is 0.0312. The number of benzene rings is 2. The molecule has 32 heavy (non-hydrogen) atoms. The van der Waals surface area contributed by atoms with Crippen molar-refractivity contribution in [1.29, 1.82) is 0 Å². The van der Waals surface area contributed by atoms with E-state index in [2.05, 4.69) is 22.1 Å². The number of para-hydroxylation sites is 1. The highest BCUT2D eigenvalue weighted by atomic mass is 35.5. The van der Waals surface area contributed by atoms with Crippen molar-refractivity contribution >= 4 is 40.4 Å². The molecule has 8 heteroatoms. The summed E-state index contributed by atoms with van der Waals surface area (Å²) in [5.41, 5.74) is 3.35. The topological polar surface area (TPSA) is 65.5 Å². The summed E-state index contributed by atoms with van der Waals surface area (Å²) in [7, 11) is 0. The first kappa shape index (κ1) is 22.5. The van der Waals surface area contributed by atoms with Gasteiger partial charge in [0.15, 0.2) is 0 Å². The van der Waals surface area contributed by atoms with E-state index in [4.69, 9.17) is 11.6 Å². The van der Waals surface area contributed by atoms with Gasteiger partial charge in [-0.15, -0.1) is 11.3 Å². The van der Waals surface area contributed by atoms with Crippen LogP contribution in [-0.4, -0.2) is 59.3 Å². The lowest BCUT2D eigenvalue weighted by Crippen LogP contribution is -2.50. The van der Waals surface area contributed by atoms with Gasteiger partial charge in [0.1, 0.15) is 10.7 Å². The van der Waals surface area contributed by atoms with Crippen LogP contribution in [0.1, 0.15) is 23.0 Å². The van der Waals surface area contributed by atoms with Crippen LogP contribution >= 0.6 is 22.9 Å². The van der Waals surface area contributed by atoms with Gasteiger partial charge in [0.25, 0.3) is 5.91 Å². The van der Waals surface area contributed by atoms with Gasteiger partial charge in [-0.05, 0) is 30.2 Å². The molecule has 0 unspecified atom stereocenters. The van der Waals surface area contributed by atoms with Crippen molar-refractivity contribution in [3.05, 3.63) is 70.2 Å². The Morgan fingerprint density at radius 1 is 1.09 bits per heavy atom. The third-order valence-corrected chi connectivity index (χ3v) is 6.62. The van der Waals surface area contributed by atoms with Crippen molar-refractivity contribution in [3.8, 4) is 10.6 Å². The number of amides is 2. The van der Waals surface area contributed by atoms with Crippen LogP contribution in [-0.2, 0) is 11.2 Å². The first-order chi connectivity index (χ1) is 15.5. The zero-order valence-electron chi connectivity index (χ0n) is 17.9. The fraction of sp³-hybridized carbons (Fsp3) is 0.292. The summed E-state index contributed by atoms with van der Waals surface area (Å²) in [5, 5.41) is 6.23. The van der Waals surface area contributed by atoms with Gasteiger partial charge in [0, 0.05) is 47.8 Å². The van der Waals surface area contributed by atoms with Gasteiger partial charge < -0.3 is 10.2 Å². The second-order valence-electron chi connectivity index (χ2n) is 7.68. The number of carbonyl (C=O) groups is 2. The molecule has 1 fully saturated rings. The number of aryl methyl sites for hydroxylation is 1. The highest BCUT2D eigenvalue weighted by molar-refractivity contribution is 7.13. The number of carbonyl (C=O) groups excluding carboxylic acids is 2. The molecule has 1 N–H and O–H groups in total. The molecular weight excluding hydrogens is 444 g/mol. The zero-order chi connectivity index (χ0) is 22.5. The van der Waals surface area contributed by atoms with Crippen LogP contribution in [0, 0.1) is 0 Å². The third kappa shape index (κ3) is 5.35. The molecular formula is C24H25ClN4O2S. The first-order valence-corrected chi connectivity index (χ1v) is 11.9. The van der Waals surface area contributed by atoms with Gasteiger partial charge in [-0.25, -0.2) is 4.98 Å². The Labute approximate surface area is 196 Å². The Kier molecular flexibility index (Phi) is 7.19. The quantitative estimate of drug-likeness (QED) is 0.581. The second-order valence-corrected chi connectivity index (χ2v) is 8.97. The fourth-order valence-corrected chi connectivity index (χ4v) is 4.72. The fourth-order valence-electron chi connectivity index (χ4n) is 3.74. The molecule has 2 heterocycles. The average Bonchev–Trinajstić information content (AvgIpc) is 3.30. The Hall–Kier alpha value is -2.74. The molecule has 0 radical (unpaired) electrons. The first-order valence-electron chi connectivity index (χ1n) is 10.6. The maximum Gasteiger partial charge on any atom is 0.273 e. The molecule has 0 atom stereocenters. The van der Waals surface area contributed by atoms with Gasteiger partial charge in [0.05, 0.1) is 6.54 Å². The number of hydrogen-bond acceptors (Lipinski definition) is 5. The summed E-state index contributed by atoms with van der Waals surface area (Å²) in [4.78, 5) is 33.8. The Bertz CT molecular complexity index is 1110. The Morgan fingerprint density at radius 3 is 2.62 bits per heavy atom. The molecule has 6 nitrogen and oxygen atoms in total. The molecule has 2 amide bonds. The van der Waals surface area contributed by atoms with E-state index >= 15 is 0 Å². The number of nitrogens with one attached hydrogen (secondary N) is 1. The smallest absolute Gasteiger partial charge is 0.273 e. The molecule has 1 aliphatic rings. The van der Waals surface area contributed by atoms with E-state index in [1.54, 1.807) is 10.3 Å². The van der Waals surface area contributed by atoms with Crippen molar-refractivity contribution in [2.75, 3.05) is 38.0 Å². The molecule has 1 saturated heterocycles. The van der Waals surface area contributed by atoms with Crippen molar-refractivity contribution < 1.29 is 9.59 Å². The standard InChI is InChI=1S/C24H25ClN4O2S/c1-2-17-6-3-4-9-20(17)26-22(30)15-28-10-12-29(13-11-28)24(31)21-16-32-23(27-21)18-7-5-8-19(25)14-18/h3-9,14,16H,2,10-13,15H2,1H3,(H,26,30). The lowest BCUT2D eigenvalue weighted by molar-refractivity contribution is -0.117. The van der Waals surface area contributed by atoms with Crippen LogP contribution in [0.3, 0.4) is 0 Å². The number of aromatic nitrogens is 1. The molecule has 0 saturated carbocycles. The number of nitrogens with zero attached hydrogens (tertiary/aromatic N) is 3. The number of rotatable bonds is 6. The predicted octanol–water partition coefficient (Wildman–Crippen LogP) is 4.42. The van der Waals surface area contributed by atoms with Crippen LogP contribution in [0.15, 0.2) is 53.9 Å². The van der Waals surface area contributed by atoms with Crippen LogP contribution in [0.4, 0.5) is 5.69 Å². The third-order valence-electron chi connectivity index (χ3n) is 5.49. The van der Waals surface area contributed by atoms with Crippen molar-refractivity contribution in [2.45, 2.75) is 13.3 Å². The molecule has 2 aromatic carbocycles. The van der Waals surface area contributed by atoms with Gasteiger partial charge in [-0.3, -0.25) is 14.5 Å². The maximum absolute atomic E-state index is 12.9. The molecule has 1 aromatic heterocycles. The van der Waals surface area contributed by atoms with E-state index in [1.807, 2.05) is 48.5 Å². The van der Waals surface area contributed by atoms with Gasteiger partial charge in [-0.2, -0.15) is 0 Å². The van der Waals surface area contributed by atoms with Crippen molar-refractivity contribution in [1.82, 2.24) is 14.8 Å². The Balaban J connectivity index is 1.30. The summed E-state index contributed by atoms with van der Waals surface area (Å²) in [5.74, 6) is -0.105. The van der Waals surface area contributed by atoms with E-state index in [9.17, 15) is 9.59 Å². The van der Waals surface area contributed by atoms with Crippen LogP contribution < -0.4 is 5.32 Å². The number of thiazole rings is 1. The molecule has 0 aliphatic carbocycles. The van der Waals surface area contributed by atoms with Gasteiger partial charge >= 0.3 is 0 Å². The van der Waals surface area contributed by atoms with E-state index in [0.717, 1.165) is 28.2 Å². The van der Waals surface area contributed by atoms with E-state index in [-0.39, 0.29) is 11.8 Å². The van der Waals surface area contributed by atoms with E-state index in [0.29, 0.717) is 43.4 Å². The number of anilines is 1. The molecule has 4 rings (SSSR count). The number of hydrogen-bond donors (Lipinski definition) is 1. The minimum atomic E-state index is -0.0736. The average molecular weight is 469 g/mol. The predicted molar refractivity (Wildman–Crippen MR) is 129 cm³/mol. The molecule has 3 aromatic rings. The van der Waals surface area contributed by atoms with E-state index in [1.165, 1.54) is 11.3 Å². The van der Waals surface area contributed by atoms with Crippen molar-refractivity contribution in [2.24, 2.45) is 0 Å². The van der Waals surface area contributed by atoms with Crippen LogP contribution in [0.2, 0.25) is 5.02 Å². The lowest BCUT2D eigenvalue weighted by atomic mass is 10.1. The van der Waals surface area contributed by atoms with Crippen molar-refractivity contribution in [3.63, 3.8) is 0 Å². The lowest BCUT2D eigenvalue weighted by Gasteiger charge is -2.34. The maximum atomic E-state index is 12.9. The summed E-state index contributed by atoms with van der Waals surface area (Å²) < 4.78 is 0. The summed E-state index contributed by atoms with van der Waals surface area (Å²) in [6, 6.07) is 15.3. The van der Waals surface area contributed by atoms with Crippen LogP contribution in [0.5, 0.6) is 0 Å². The normalized spacial score (nSPS) is 14.4. The summed E-state index contributed by atoms with van der Waals surface area (Å²) in [6.07, 6.45) is 0.868. The summed E-state index contributed by atoms with van der Waals surface area (Å²) in [6.45, 7) is 4.83. The molecule has 0 spiro atoms. The molecule has 0 bridgehead atoms. The second kappa shape index (κ2) is 10.3. The highest BCUT2D eigenvalue weighted by Crippen LogP contribution is 2.26. The van der Waals surface area contributed by atoms with Gasteiger partial charge in [0.2, 0.25) is 5.91 Å². The zero-order valence-corrected chi connectivity index (χ0v) is 19.5. The number of piperazine rings is 1. The molecule has 1 aliphatic heterocycles. The monoisotopic (exact) mass is 468 g/mol. The number of halogens is 1. The Morgan fingerprint density at radius 2 is 1.88 bits per heavy atom. The minimum Gasteiger partial charge on any atom is -0.335 e.